The predicted molar refractivity (Wildman–Crippen MR) is 79.1 cm³/mol. The molecule has 3 aromatic rings. The molecule has 0 aliphatic carbocycles. The van der Waals surface area contributed by atoms with Gasteiger partial charge in [0.05, 0.1) is 18.1 Å². The third-order valence-electron chi connectivity index (χ3n) is 4.26. The molecule has 1 aliphatic rings. The topological polar surface area (TPSA) is 27.1 Å². The second kappa shape index (κ2) is 4.80. The number of nitrogens with zero attached hydrogens (tertiary/aromatic N) is 2. The molecule has 0 spiro atoms. The smallest absolute Gasteiger partial charge is 0.133 e. The molecule has 5 heteroatoms. The third-order valence-corrected chi connectivity index (χ3v) is 4.26. The first-order valence-electron chi connectivity index (χ1n) is 7.14. The van der Waals surface area contributed by atoms with Crippen LogP contribution in [0.4, 0.5) is 8.78 Å². The summed E-state index contributed by atoms with van der Waals surface area (Å²) in [5.74, 6) is -0.285. The van der Waals surface area contributed by atoms with Gasteiger partial charge in [0.25, 0.3) is 0 Å². The minimum absolute atomic E-state index is 0.121. The van der Waals surface area contributed by atoms with Crippen molar-refractivity contribution in [3.8, 4) is 5.75 Å². The van der Waals surface area contributed by atoms with Crippen LogP contribution in [-0.2, 0) is 13.0 Å². The maximum absolute atomic E-state index is 14.2. The van der Waals surface area contributed by atoms with E-state index in [-0.39, 0.29) is 17.2 Å². The number of imidazole rings is 1. The quantitative estimate of drug-likeness (QED) is 0.722. The molecule has 0 fully saturated rings. The summed E-state index contributed by atoms with van der Waals surface area (Å²) >= 11 is 0. The van der Waals surface area contributed by atoms with Gasteiger partial charge in [-0.1, -0.05) is 12.1 Å². The second-order valence-electron chi connectivity index (χ2n) is 5.53. The number of aromatic nitrogens is 2. The summed E-state index contributed by atoms with van der Waals surface area (Å²) < 4.78 is 35.4. The molecule has 0 saturated carbocycles. The van der Waals surface area contributed by atoms with Crippen LogP contribution in [0.5, 0.6) is 5.75 Å². The van der Waals surface area contributed by atoms with Crippen LogP contribution in [0.15, 0.2) is 36.4 Å². The molecular weight excluding hydrogens is 286 g/mol. The van der Waals surface area contributed by atoms with Crippen molar-refractivity contribution >= 4 is 11.0 Å². The Morgan fingerprint density at radius 1 is 1.18 bits per heavy atom. The van der Waals surface area contributed by atoms with Gasteiger partial charge in [-0.25, -0.2) is 13.8 Å². The molecule has 3 nitrogen and oxygen atoms in total. The van der Waals surface area contributed by atoms with E-state index in [2.05, 4.69) is 4.98 Å². The fourth-order valence-electron chi connectivity index (χ4n) is 3.25. The molecule has 0 radical (unpaired) electrons. The van der Waals surface area contributed by atoms with Crippen LogP contribution in [0.2, 0.25) is 0 Å². The molecule has 1 aromatic heterocycles. The summed E-state index contributed by atoms with van der Waals surface area (Å²) in [6.07, 6.45) is 0.537. The number of ether oxygens (including phenoxy) is 1. The number of fused-ring (bicyclic) bond motifs is 3. The van der Waals surface area contributed by atoms with Crippen LogP contribution in [0.1, 0.15) is 17.3 Å². The van der Waals surface area contributed by atoms with Gasteiger partial charge in [-0.15, -0.1) is 0 Å². The van der Waals surface area contributed by atoms with Crippen molar-refractivity contribution in [2.75, 3.05) is 7.11 Å². The molecule has 22 heavy (non-hydrogen) atoms. The lowest BCUT2D eigenvalue weighted by Crippen LogP contribution is -2.07. The summed E-state index contributed by atoms with van der Waals surface area (Å²) in [5, 5.41) is 0. The molecule has 1 atom stereocenters. The van der Waals surface area contributed by atoms with Crippen LogP contribution in [-0.4, -0.2) is 16.7 Å². The lowest BCUT2D eigenvalue weighted by atomic mass is 9.96. The molecule has 0 bridgehead atoms. The summed E-state index contributed by atoms with van der Waals surface area (Å²) in [6, 6.07) is 10.3. The van der Waals surface area contributed by atoms with E-state index in [4.69, 9.17) is 4.74 Å². The maximum atomic E-state index is 14.2. The Labute approximate surface area is 126 Å². The highest BCUT2D eigenvalue weighted by molar-refractivity contribution is 5.76. The normalized spacial score (nSPS) is 17.0. The number of hydrogen-bond acceptors (Lipinski definition) is 2. The van der Waals surface area contributed by atoms with E-state index in [1.54, 1.807) is 0 Å². The zero-order valence-electron chi connectivity index (χ0n) is 12.0. The van der Waals surface area contributed by atoms with Gasteiger partial charge in [0, 0.05) is 36.6 Å². The van der Waals surface area contributed by atoms with E-state index in [1.807, 2.05) is 28.8 Å². The average Bonchev–Trinajstić information content (AvgIpc) is 3.04. The molecule has 0 N–H and O–H groups in total. The molecule has 1 aliphatic heterocycles. The van der Waals surface area contributed by atoms with Crippen molar-refractivity contribution in [3.63, 3.8) is 0 Å². The van der Waals surface area contributed by atoms with Gasteiger partial charge in [-0.2, -0.15) is 0 Å². The van der Waals surface area contributed by atoms with Crippen molar-refractivity contribution in [1.82, 2.24) is 9.55 Å². The number of benzene rings is 2. The molecule has 2 heterocycles. The number of hydrogen-bond donors (Lipinski definition) is 0. The number of para-hydroxylation sites is 2. The Morgan fingerprint density at radius 3 is 2.64 bits per heavy atom. The van der Waals surface area contributed by atoms with Crippen LogP contribution < -0.4 is 4.74 Å². The lowest BCUT2D eigenvalue weighted by molar-refractivity contribution is 0.403. The van der Waals surface area contributed by atoms with Gasteiger partial charge < -0.3 is 9.30 Å². The minimum atomic E-state index is -0.558. The number of halogens is 2. The average molecular weight is 300 g/mol. The first-order chi connectivity index (χ1) is 10.7. The van der Waals surface area contributed by atoms with Gasteiger partial charge in [0.2, 0.25) is 0 Å². The first kappa shape index (κ1) is 13.2. The highest BCUT2D eigenvalue weighted by Crippen LogP contribution is 2.36. The Morgan fingerprint density at radius 2 is 1.91 bits per heavy atom. The van der Waals surface area contributed by atoms with Crippen molar-refractivity contribution < 1.29 is 13.5 Å². The molecule has 0 amide bonds. The summed E-state index contributed by atoms with van der Waals surface area (Å²) in [6.45, 7) is 0.538. The fourth-order valence-corrected chi connectivity index (χ4v) is 3.25. The van der Waals surface area contributed by atoms with Gasteiger partial charge in [0.1, 0.15) is 23.2 Å². The summed E-state index contributed by atoms with van der Waals surface area (Å²) in [5.41, 5.74) is 2.05. The lowest BCUT2D eigenvalue weighted by Gasteiger charge is -2.13. The molecule has 0 saturated heterocycles. The first-order valence-corrected chi connectivity index (χ1v) is 7.14. The van der Waals surface area contributed by atoms with E-state index in [0.717, 1.165) is 16.9 Å². The van der Waals surface area contributed by atoms with Crippen molar-refractivity contribution in [2.24, 2.45) is 0 Å². The van der Waals surface area contributed by atoms with E-state index in [0.29, 0.717) is 13.0 Å². The highest BCUT2D eigenvalue weighted by Gasteiger charge is 2.30. The van der Waals surface area contributed by atoms with E-state index < -0.39 is 11.6 Å². The summed E-state index contributed by atoms with van der Waals surface area (Å²) in [7, 11) is 1.39. The summed E-state index contributed by atoms with van der Waals surface area (Å²) in [4.78, 5) is 4.56. The van der Waals surface area contributed by atoms with Gasteiger partial charge in [0.15, 0.2) is 0 Å². The Hall–Kier alpha value is -2.43. The molecule has 112 valence electrons. The molecular formula is C17H14F2N2O. The van der Waals surface area contributed by atoms with Crippen molar-refractivity contribution in [1.29, 1.82) is 0 Å². The second-order valence-corrected chi connectivity index (χ2v) is 5.53. The molecule has 4 rings (SSSR count). The van der Waals surface area contributed by atoms with Crippen LogP contribution in [0.3, 0.4) is 0 Å². The monoisotopic (exact) mass is 300 g/mol. The predicted octanol–water partition coefficient (Wildman–Crippen LogP) is 3.66. The number of methoxy groups -OCH3 is 1. The SMILES string of the molecule is COc1cc(F)c(C2Cc3nc4ccccc4n3C2)c(F)c1. The van der Waals surface area contributed by atoms with Crippen molar-refractivity contribution in [3.05, 3.63) is 59.4 Å². The van der Waals surface area contributed by atoms with Crippen LogP contribution in [0, 0.1) is 11.6 Å². The standard InChI is InChI=1S/C17H14F2N2O/c1-22-11-7-12(18)17(13(19)8-11)10-6-16-20-14-4-2-3-5-15(14)21(16)9-10/h2-5,7-8,10H,6,9H2,1H3. The Balaban J connectivity index is 1.74. The zero-order chi connectivity index (χ0) is 15.3. The van der Waals surface area contributed by atoms with Gasteiger partial charge in [-0.05, 0) is 12.1 Å². The van der Waals surface area contributed by atoms with Gasteiger partial charge in [-0.3, -0.25) is 0 Å². The minimum Gasteiger partial charge on any atom is -0.497 e. The Kier molecular flexibility index (Phi) is 2.89. The third kappa shape index (κ3) is 1.89. The van der Waals surface area contributed by atoms with E-state index in [1.165, 1.54) is 19.2 Å². The molecule has 2 aromatic carbocycles. The zero-order valence-corrected chi connectivity index (χ0v) is 12.0. The van der Waals surface area contributed by atoms with Crippen molar-refractivity contribution in [2.45, 2.75) is 18.9 Å². The van der Waals surface area contributed by atoms with Gasteiger partial charge >= 0.3 is 0 Å². The Bertz CT molecular complexity index is 849. The largest absolute Gasteiger partial charge is 0.497 e. The molecule has 1 unspecified atom stereocenters. The highest BCUT2D eigenvalue weighted by atomic mass is 19.1. The van der Waals surface area contributed by atoms with E-state index in [9.17, 15) is 8.78 Å². The number of rotatable bonds is 2. The maximum Gasteiger partial charge on any atom is 0.133 e. The van der Waals surface area contributed by atoms with E-state index >= 15 is 0 Å². The van der Waals surface area contributed by atoms with Crippen LogP contribution >= 0.6 is 0 Å². The van der Waals surface area contributed by atoms with Crippen LogP contribution in [0.25, 0.3) is 11.0 Å². The fraction of sp³-hybridized carbons (Fsp3) is 0.235.